The van der Waals surface area contributed by atoms with Gasteiger partial charge >= 0.3 is 0 Å². The Balaban J connectivity index is 1.82. The molecule has 0 aliphatic rings. The van der Waals surface area contributed by atoms with Crippen LogP contribution < -0.4 is 9.47 Å². The Morgan fingerprint density at radius 1 is 1.03 bits per heavy atom. The van der Waals surface area contributed by atoms with Crippen molar-refractivity contribution in [2.75, 3.05) is 6.61 Å². The number of rotatable bonds is 8. The Labute approximate surface area is 188 Å². The highest BCUT2D eigenvalue weighted by Gasteiger charge is 2.17. The highest BCUT2D eigenvalue weighted by atomic mass is 35.5. The Kier molecular flexibility index (Phi) is 7.52. The van der Waals surface area contributed by atoms with Gasteiger partial charge in [0.2, 0.25) is 0 Å². The molecule has 0 fully saturated rings. The maximum Gasteiger partial charge on any atom is 0.165 e. The van der Waals surface area contributed by atoms with Gasteiger partial charge in [0.1, 0.15) is 15.8 Å². The monoisotopic (exact) mass is 470 g/mol. The van der Waals surface area contributed by atoms with Crippen molar-refractivity contribution in [2.24, 2.45) is 0 Å². The molecule has 1 atom stereocenters. The Morgan fingerprint density at radius 2 is 1.77 bits per heavy atom. The molecule has 0 aliphatic carbocycles. The predicted molar refractivity (Wildman–Crippen MR) is 118 cm³/mol. The molecule has 9 heteroatoms. The van der Waals surface area contributed by atoms with E-state index in [-0.39, 0.29) is 18.5 Å². The minimum atomic E-state index is -0.560. The van der Waals surface area contributed by atoms with Gasteiger partial charge in [-0.3, -0.25) is 0 Å². The lowest BCUT2D eigenvalue weighted by molar-refractivity contribution is 0.154. The van der Waals surface area contributed by atoms with Crippen molar-refractivity contribution >= 4 is 34.5 Å². The molecule has 5 nitrogen and oxygen atoms in total. The fourth-order valence-corrected chi connectivity index (χ4v) is 3.97. The van der Waals surface area contributed by atoms with E-state index in [1.165, 1.54) is 23.5 Å². The second-order valence-corrected chi connectivity index (χ2v) is 8.76. The maximum atomic E-state index is 14.5. The molecule has 160 valence electrons. The van der Waals surface area contributed by atoms with E-state index in [1.54, 1.807) is 19.1 Å². The lowest BCUT2D eigenvalue weighted by Crippen LogP contribution is -2.08. The Hall–Kier alpha value is -1.93. The van der Waals surface area contributed by atoms with Crippen molar-refractivity contribution in [1.82, 2.24) is 10.2 Å². The topological polar surface area (TPSA) is 64.5 Å². The molecule has 0 amide bonds. The molecule has 3 rings (SSSR count). The minimum absolute atomic E-state index is 0.0116. The lowest BCUT2D eigenvalue weighted by Gasteiger charge is -2.11. The van der Waals surface area contributed by atoms with Crippen molar-refractivity contribution in [3.8, 4) is 32.6 Å². The third-order valence-electron chi connectivity index (χ3n) is 4.01. The van der Waals surface area contributed by atoms with Crippen LogP contribution in [0.3, 0.4) is 0 Å². The van der Waals surface area contributed by atoms with E-state index in [0.29, 0.717) is 37.8 Å². The van der Waals surface area contributed by atoms with Crippen LogP contribution in [0.15, 0.2) is 30.3 Å². The molecule has 0 bridgehead atoms. The lowest BCUT2D eigenvalue weighted by atomic mass is 10.2. The quantitative estimate of drug-likeness (QED) is 0.421. The summed E-state index contributed by atoms with van der Waals surface area (Å²) in [6.07, 6.45) is -0.123. The molecule has 0 spiro atoms. The normalized spacial score (nSPS) is 12.3. The zero-order chi connectivity index (χ0) is 21.8. The number of aliphatic hydroxyl groups excluding tert-OH is 1. The average Bonchev–Trinajstić information content (AvgIpc) is 3.15. The molecular formula is C21H21Cl2FN2O3S. The third-order valence-corrected chi connectivity index (χ3v) is 5.63. The molecular weight excluding hydrogens is 450 g/mol. The number of nitrogens with zero attached hydrogens (tertiary/aromatic N) is 2. The first kappa shape index (κ1) is 22.7. The van der Waals surface area contributed by atoms with Crippen LogP contribution in [-0.4, -0.2) is 34.1 Å². The maximum absolute atomic E-state index is 14.5. The van der Waals surface area contributed by atoms with Gasteiger partial charge < -0.3 is 14.6 Å². The smallest absolute Gasteiger partial charge is 0.165 e. The first-order valence-corrected chi connectivity index (χ1v) is 10.9. The van der Waals surface area contributed by atoms with Crippen LogP contribution in [0.4, 0.5) is 4.39 Å². The van der Waals surface area contributed by atoms with Gasteiger partial charge in [-0.05, 0) is 45.0 Å². The van der Waals surface area contributed by atoms with E-state index in [0.717, 1.165) is 5.56 Å². The zero-order valence-electron chi connectivity index (χ0n) is 16.7. The highest BCUT2D eigenvalue weighted by Crippen LogP contribution is 2.38. The van der Waals surface area contributed by atoms with Crippen molar-refractivity contribution in [3.63, 3.8) is 0 Å². The van der Waals surface area contributed by atoms with Crippen molar-refractivity contribution in [3.05, 3.63) is 46.2 Å². The highest BCUT2D eigenvalue weighted by molar-refractivity contribution is 7.18. The second kappa shape index (κ2) is 9.92. The van der Waals surface area contributed by atoms with Gasteiger partial charge in [0.25, 0.3) is 0 Å². The number of hydrogen-bond acceptors (Lipinski definition) is 6. The van der Waals surface area contributed by atoms with Gasteiger partial charge in [0.15, 0.2) is 11.6 Å². The van der Waals surface area contributed by atoms with Crippen LogP contribution in [-0.2, 0) is 0 Å². The second-order valence-electron chi connectivity index (χ2n) is 6.97. The van der Waals surface area contributed by atoms with E-state index in [1.807, 2.05) is 19.9 Å². The average molecular weight is 471 g/mol. The largest absolute Gasteiger partial charge is 0.490 e. The Bertz CT molecular complexity index is 1030. The first-order valence-electron chi connectivity index (χ1n) is 9.35. The summed E-state index contributed by atoms with van der Waals surface area (Å²) >= 11 is 13.9. The minimum Gasteiger partial charge on any atom is -0.490 e. The molecule has 1 heterocycles. The van der Waals surface area contributed by atoms with Gasteiger partial charge in [-0.25, -0.2) is 4.39 Å². The van der Waals surface area contributed by atoms with E-state index < -0.39 is 11.9 Å². The van der Waals surface area contributed by atoms with Crippen LogP contribution in [0.5, 0.6) is 11.5 Å². The number of hydrogen-bond donors (Lipinski definition) is 1. The zero-order valence-corrected chi connectivity index (χ0v) is 19.0. The summed E-state index contributed by atoms with van der Waals surface area (Å²) in [5.74, 6) is 0.0630. The molecule has 1 aromatic heterocycles. The Morgan fingerprint density at radius 3 is 2.43 bits per heavy atom. The van der Waals surface area contributed by atoms with Crippen LogP contribution in [0.1, 0.15) is 27.2 Å². The van der Waals surface area contributed by atoms with Crippen LogP contribution in [0.25, 0.3) is 21.1 Å². The van der Waals surface area contributed by atoms with E-state index in [4.69, 9.17) is 32.7 Å². The predicted octanol–water partition coefficient (Wildman–Crippen LogP) is 6.25. The van der Waals surface area contributed by atoms with Crippen LogP contribution >= 0.6 is 34.5 Å². The fraction of sp³-hybridized carbons (Fsp3) is 0.333. The summed E-state index contributed by atoms with van der Waals surface area (Å²) in [5.41, 5.74) is 1.20. The molecule has 3 aromatic rings. The van der Waals surface area contributed by atoms with Gasteiger partial charge in [0, 0.05) is 23.6 Å². The summed E-state index contributed by atoms with van der Waals surface area (Å²) < 4.78 is 25.5. The van der Waals surface area contributed by atoms with E-state index in [9.17, 15) is 9.50 Å². The molecule has 0 aliphatic heterocycles. The fourth-order valence-electron chi connectivity index (χ4n) is 2.57. The molecule has 0 radical (unpaired) electrons. The molecule has 2 aromatic carbocycles. The van der Waals surface area contributed by atoms with E-state index >= 15 is 0 Å². The molecule has 1 unspecified atom stereocenters. The molecule has 0 saturated carbocycles. The van der Waals surface area contributed by atoms with Crippen molar-refractivity contribution in [1.29, 1.82) is 0 Å². The SMILES string of the molecule is CC(O)CCOc1cc(Cl)c(-c2nnc(-c3ccc(OC(C)C)c(Cl)c3)s2)cc1F. The van der Waals surface area contributed by atoms with Gasteiger partial charge in [-0.15, -0.1) is 10.2 Å². The number of ether oxygens (including phenoxy) is 2. The summed E-state index contributed by atoms with van der Waals surface area (Å²) in [6, 6.07) is 8.06. The van der Waals surface area contributed by atoms with Gasteiger partial charge in [-0.1, -0.05) is 34.5 Å². The molecule has 1 N–H and O–H groups in total. The number of aromatic nitrogens is 2. The first-order chi connectivity index (χ1) is 14.2. The van der Waals surface area contributed by atoms with Gasteiger partial charge in [0.05, 0.1) is 28.9 Å². The van der Waals surface area contributed by atoms with Crippen molar-refractivity contribution < 1.29 is 19.0 Å². The molecule has 30 heavy (non-hydrogen) atoms. The summed E-state index contributed by atoms with van der Waals surface area (Å²) in [7, 11) is 0. The summed E-state index contributed by atoms with van der Waals surface area (Å²) in [6.45, 7) is 5.67. The summed E-state index contributed by atoms with van der Waals surface area (Å²) in [4.78, 5) is 0. The number of benzene rings is 2. The third kappa shape index (κ3) is 5.60. The number of halogens is 3. The van der Waals surface area contributed by atoms with E-state index in [2.05, 4.69) is 10.2 Å². The standard InChI is InChI=1S/C21H21Cl2FN2O3S/c1-11(2)29-18-5-4-13(8-16(18)23)20-25-26-21(30-20)14-9-17(24)19(10-15(14)22)28-7-6-12(3)27/h4-5,8-12,27H,6-7H2,1-3H3. The van der Waals surface area contributed by atoms with Gasteiger partial charge in [-0.2, -0.15) is 0 Å². The van der Waals surface area contributed by atoms with Crippen LogP contribution in [0.2, 0.25) is 10.0 Å². The molecule has 0 saturated heterocycles. The number of aliphatic hydroxyl groups is 1. The van der Waals surface area contributed by atoms with Crippen LogP contribution in [0, 0.1) is 5.82 Å². The summed E-state index contributed by atoms with van der Waals surface area (Å²) in [5, 5.41) is 19.5. The van der Waals surface area contributed by atoms with Crippen molar-refractivity contribution in [2.45, 2.75) is 39.4 Å².